The van der Waals surface area contributed by atoms with Gasteiger partial charge >= 0.3 is 12.1 Å². The number of hydrogen-bond acceptors (Lipinski definition) is 5. The SMILES string of the molecule is Cc1cnc2nc1Nc1cccc(c1)CCc1cccc(c1)N2.O=C(O)C(F)(F)F. The smallest absolute Gasteiger partial charge is 0.475 e. The van der Waals surface area contributed by atoms with Crippen molar-refractivity contribution in [1.29, 1.82) is 0 Å². The van der Waals surface area contributed by atoms with Crippen molar-refractivity contribution in [3.8, 4) is 0 Å². The molecule has 6 bridgehead atoms. The van der Waals surface area contributed by atoms with Gasteiger partial charge in [0.25, 0.3) is 0 Å². The first-order valence-corrected chi connectivity index (χ1v) is 9.06. The number of carboxylic acid groups (broad SMARTS) is 1. The van der Waals surface area contributed by atoms with Crippen molar-refractivity contribution in [2.45, 2.75) is 25.9 Å². The van der Waals surface area contributed by atoms with Crippen LogP contribution in [0.25, 0.3) is 0 Å². The first-order chi connectivity index (χ1) is 14.2. The van der Waals surface area contributed by atoms with Gasteiger partial charge in [0.05, 0.1) is 0 Å². The summed E-state index contributed by atoms with van der Waals surface area (Å²) >= 11 is 0. The number of fused-ring (bicyclic) bond motifs is 6. The molecule has 6 nitrogen and oxygen atoms in total. The highest BCUT2D eigenvalue weighted by Crippen LogP contribution is 2.23. The van der Waals surface area contributed by atoms with E-state index in [1.165, 1.54) is 11.1 Å². The molecular formula is C21H19F3N4O2. The average molecular weight is 416 g/mol. The van der Waals surface area contributed by atoms with Crippen LogP contribution in [-0.4, -0.2) is 27.2 Å². The lowest BCUT2D eigenvalue weighted by molar-refractivity contribution is -0.192. The van der Waals surface area contributed by atoms with Gasteiger partial charge in [0.15, 0.2) is 0 Å². The van der Waals surface area contributed by atoms with E-state index in [1.54, 1.807) is 0 Å². The molecule has 1 aromatic heterocycles. The van der Waals surface area contributed by atoms with Crippen LogP contribution < -0.4 is 10.6 Å². The molecule has 0 radical (unpaired) electrons. The van der Waals surface area contributed by atoms with E-state index in [9.17, 15) is 13.2 Å². The van der Waals surface area contributed by atoms with E-state index in [-0.39, 0.29) is 0 Å². The summed E-state index contributed by atoms with van der Waals surface area (Å²) in [5.41, 5.74) is 5.72. The van der Waals surface area contributed by atoms with E-state index in [2.05, 4.69) is 63.1 Å². The third-order valence-electron chi connectivity index (χ3n) is 4.29. The summed E-state index contributed by atoms with van der Waals surface area (Å²) in [6.45, 7) is 2.01. The van der Waals surface area contributed by atoms with E-state index < -0.39 is 12.1 Å². The van der Waals surface area contributed by atoms with Gasteiger partial charge < -0.3 is 15.7 Å². The van der Waals surface area contributed by atoms with Gasteiger partial charge in [0.1, 0.15) is 5.82 Å². The normalized spacial score (nSPS) is 12.5. The topological polar surface area (TPSA) is 87.1 Å². The highest BCUT2D eigenvalue weighted by Gasteiger charge is 2.38. The molecule has 0 saturated carbocycles. The Morgan fingerprint density at radius 3 is 2.07 bits per heavy atom. The Morgan fingerprint density at radius 2 is 1.53 bits per heavy atom. The van der Waals surface area contributed by atoms with Gasteiger partial charge in [-0.1, -0.05) is 24.3 Å². The van der Waals surface area contributed by atoms with Gasteiger partial charge in [-0.05, 0) is 55.2 Å². The first kappa shape index (κ1) is 21.1. The van der Waals surface area contributed by atoms with Crippen molar-refractivity contribution in [3.63, 3.8) is 0 Å². The number of halogens is 3. The molecular weight excluding hydrogens is 397 g/mol. The molecule has 2 heterocycles. The van der Waals surface area contributed by atoms with Gasteiger partial charge in [0, 0.05) is 23.1 Å². The fourth-order valence-corrected chi connectivity index (χ4v) is 2.79. The van der Waals surface area contributed by atoms with Crippen molar-refractivity contribution in [1.82, 2.24) is 9.97 Å². The number of hydrogen-bond donors (Lipinski definition) is 3. The number of nitrogens with zero attached hydrogens (tertiary/aromatic N) is 2. The second-order valence-corrected chi connectivity index (χ2v) is 6.68. The summed E-state index contributed by atoms with van der Waals surface area (Å²) in [7, 11) is 0. The van der Waals surface area contributed by atoms with Gasteiger partial charge in [0.2, 0.25) is 5.95 Å². The summed E-state index contributed by atoms with van der Waals surface area (Å²) in [5, 5.41) is 13.8. The highest BCUT2D eigenvalue weighted by molar-refractivity contribution is 5.73. The maximum atomic E-state index is 10.6. The van der Waals surface area contributed by atoms with Crippen LogP contribution in [0.4, 0.5) is 36.3 Å². The molecule has 4 rings (SSSR count). The molecule has 1 aliphatic heterocycles. The van der Waals surface area contributed by atoms with E-state index in [0.717, 1.165) is 35.6 Å². The molecule has 30 heavy (non-hydrogen) atoms. The lowest BCUT2D eigenvalue weighted by Gasteiger charge is -2.11. The second kappa shape index (κ2) is 8.81. The summed E-state index contributed by atoms with van der Waals surface area (Å²) in [6.07, 6.45) is -1.22. The lowest BCUT2D eigenvalue weighted by atomic mass is 10.0. The summed E-state index contributed by atoms with van der Waals surface area (Å²) < 4.78 is 31.7. The molecule has 3 aromatic rings. The monoisotopic (exact) mass is 416 g/mol. The van der Waals surface area contributed by atoms with Crippen molar-refractivity contribution < 1.29 is 23.1 Å². The first-order valence-electron chi connectivity index (χ1n) is 9.06. The minimum atomic E-state index is -5.08. The Bertz CT molecular complexity index is 1050. The quantitative estimate of drug-likeness (QED) is 0.478. The summed E-state index contributed by atoms with van der Waals surface area (Å²) in [6, 6.07) is 17.0. The number of aliphatic carboxylic acids is 1. The number of carbonyl (C=O) groups is 1. The minimum absolute atomic E-state index is 0.602. The molecule has 0 aliphatic carbocycles. The standard InChI is InChI=1S/C19H18N4.C2HF3O2/c1-13-12-20-19-22-17-7-3-5-15(11-17)9-8-14-4-2-6-16(10-14)21-18(13)23-19;3-2(4,5)1(6)7/h2-7,10-12H,8-9H2,1H3,(H2,20,21,22,23);(H,6,7). The van der Waals surface area contributed by atoms with Gasteiger partial charge in [-0.25, -0.2) is 9.78 Å². The number of rotatable bonds is 0. The largest absolute Gasteiger partial charge is 0.490 e. The van der Waals surface area contributed by atoms with Crippen LogP contribution in [-0.2, 0) is 17.6 Å². The second-order valence-electron chi connectivity index (χ2n) is 6.68. The third kappa shape index (κ3) is 5.69. The fourth-order valence-electron chi connectivity index (χ4n) is 2.79. The Balaban J connectivity index is 0.000000318. The predicted octanol–water partition coefficient (Wildman–Crippen LogP) is 5.00. The lowest BCUT2D eigenvalue weighted by Crippen LogP contribution is -2.21. The van der Waals surface area contributed by atoms with E-state index >= 15 is 0 Å². The molecule has 0 saturated heterocycles. The molecule has 156 valence electrons. The number of benzene rings is 2. The molecule has 9 heteroatoms. The Morgan fingerprint density at radius 1 is 1.00 bits per heavy atom. The summed E-state index contributed by atoms with van der Waals surface area (Å²) in [4.78, 5) is 17.9. The van der Waals surface area contributed by atoms with E-state index in [1.807, 2.05) is 19.2 Å². The number of aromatic nitrogens is 2. The van der Waals surface area contributed by atoms with E-state index in [0.29, 0.717) is 5.95 Å². The van der Waals surface area contributed by atoms with Crippen LogP contribution in [0.2, 0.25) is 0 Å². The zero-order valence-electron chi connectivity index (χ0n) is 16.0. The van der Waals surface area contributed by atoms with Gasteiger partial charge in [-0.15, -0.1) is 0 Å². The predicted molar refractivity (Wildman–Crippen MR) is 107 cm³/mol. The third-order valence-corrected chi connectivity index (χ3v) is 4.29. The Labute approximate surface area is 170 Å². The minimum Gasteiger partial charge on any atom is -0.475 e. The summed E-state index contributed by atoms with van der Waals surface area (Å²) in [5.74, 6) is -1.33. The molecule has 2 aromatic carbocycles. The number of aryl methyl sites for hydroxylation is 3. The number of anilines is 4. The molecule has 0 spiro atoms. The van der Waals surface area contributed by atoms with Crippen LogP contribution >= 0.6 is 0 Å². The van der Waals surface area contributed by atoms with Crippen molar-refractivity contribution in [2.75, 3.05) is 10.6 Å². The molecule has 0 unspecified atom stereocenters. The Kier molecular flexibility index (Phi) is 6.20. The van der Waals surface area contributed by atoms with Crippen LogP contribution in [0.5, 0.6) is 0 Å². The van der Waals surface area contributed by atoms with Crippen LogP contribution in [0.3, 0.4) is 0 Å². The van der Waals surface area contributed by atoms with Gasteiger partial charge in [-0.3, -0.25) is 0 Å². The van der Waals surface area contributed by atoms with Gasteiger partial charge in [-0.2, -0.15) is 18.2 Å². The van der Waals surface area contributed by atoms with Crippen LogP contribution in [0, 0.1) is 6.92 Å². The van der Waals surface area contributed by atoms with Crippen molar-refractivity contribution in [3.05, 3.63) is 71.4 Å². The zero-order chi connectivity index (χ0) is 21.7. The van der Waals surface area contributed by atoms with Crippen LogP contribution in [0.1, 0.15) is 16.7 Å². The Hall–Kier alpha value is -3.62. The maximum absolute atomic E-state index is 10.6. The number of nitrogens with one attached hydrogen (secondary N) is 2. The molecule has 3 N–H and O–H groups in total. The van der Waals surface area contributed by atoms with Crippen LogP contribution in [0.15, 0.2) is 54.7 Å². The zero-order valence-corrected chi connectivity index (χ0v) is 16.0. The molecule has 0 fully saturated rings. The highest BCUT2D eigenvalue weighted by atomic mass is 19.4. The molecule has 1 aliphatic rings. The maximum Gasteiger partial charge on any atom is 0.490 e. The van der Waals surface area contributed by atoms with E-state index in [4.69, 9.17) is 9.90 Å². The average Bonchev–Trinajstić information content (AvgIpc) is 2.69. The molecule has 0 atom stereocenters. The number of alkyl halides is 3. The van der Waals surface area contributed by atoms with Crippen molar-refractivity contribution in [2.24, 2.45) is 0 Å². The van der Waals surface area contributed by atoms with Crippen molar-refractivity contribution >= 4 is 29.1 Å². The molecule has 0 amide bonds. The fraction of sp³-hybridized carbons (Fsp3) is 0.190. The number of carboxylic acids is 1.